The van der Waals surface area contributed by atoms with Crippen molar-refractivity contribution < 1.29 is 22.7 Å². The lowest BCUT2D eigenvalue weighted by Crippen LogP contribution is -2.50. The van der Waals surface area contributed by atoms with Gasteiger partial charge in [-0.3, -0.25) is 10.2 Å². The lowest BCUT2D eigenvalue weighted by atomic mass is 9.94. The van der Waals surface area contributed by atoms with E-state index in [1.54, 1.807) is 27.0 Å². The Labute approximate surface area is 139 Å². The molecule has 24 heavy (non-hydrogen) atoms. The molecule has 0 aromatic heterocycles. The van der Waals surface area contributed by atoms with Crippen LogP contribution in [0, 0.1) is 5.41 Å². The molecular weight excluding hydrogens is 321 g/mol. The summed E-state index contributed by atoms with van der Waals surface area (Å²) in [6.45, 7) is 3.33. The fourth-order valence-electron chi connectivity index (χ4n) is 2.90. The Kier molecular flexibility index (Phi) is 5.42. The van der Waals surface area contributed by atoms with Crippen molar-refractivity contribution in [2.45, 2.75) is 45.3 Å². The van der Waals surface area contributed by atoms with Gasteiger partial charge in [-0.2, -0.15) is 13.2 Å². The molecule has 2 rings (SSSR count). The number of rotatable bonds is 6. The van der Waals surface area contributed by atoms with E-state index in [1.807, 2.05) is 18.2 Å². The average molecular weight is 344 g/mol. The van der Waals surface area contributed by atoms with Gasteiger partial charge in [0.1, 0.15) is 11.8 Å². The predicted octanol–water partition coefficient (Wildman–Crippen LogP) is 3.32. The molecule has 7 heteroatoms. The van der Waals surface area contributed by atoms with Gasteiger partial charge in [-0.1, -0.05) is 18.2 Å². The summed E-state index contributed by atoms with van der Waals surface area (Å²) in [5.74, 6) is 0.304. The van der Waals surface area contributed by atoms with Crippen molar-refractivity contribution in [2.24, 2.45) is 5.41 Å². The molecule has 1 fully saturated rings. The maximum atomic E-state index is 13.4. The molecule has 1 aliphatic rings. The van der Waals surface area contributed by atoms with Gasteiger partial charge >= 0.3 is 6.18 Å². The van der Waals surface area contributed by atoms with Crippen molar-refractivity contribution >= 4 is 5.91 Å². The summed E-state index contributed by atoms with van der Waals surface area (Å²) in [6.07, 6.45) is -3.65. The monoisotopic (exact) mass is 344 g/mol. The number of amides is 1. The molecule has 1 saturated heterocycles. The van der Waals surface area contributed by atoms with Crippen LogP contribution in [0.25, 0.3) is 0 Å². The molecule has 0 spiro atoms. The summed E-state index contributed by atoms with van der Waals surface area (Å²) in [7, 11) is 1.54. The van der Waals surface area contributed by atoms with Crippen LogP contribution in [-0.4, -0.2) is 36.8 Å². The summed E-state index contributed by atoms with van der Waals surface area (Å²) < 4.78 is 45.4. The molecule has 0 aliphatic carbocycles. The maximum absolute atomic E-state index is 13.4. The summed E-state index contributed by atoms with van der Waals surface area (Å²) in [5, 5.41) is 1.03. The fourth-order valence-corrected chi connectivity index (χ4v) is 2.90. The van der Waals surface area contributed by atoms with Gasteiger partial charge in [0.05, 0.1) is 12.5 Å². The molecule has 1 heterocycles. The Hall–Kier alpha value is -1.76. The van der Waals surface area contributed by atoms with E-state index in [0.717, 1.165) is 10.6 Å². The van der Waals surface area contributed by atoms with Crippen molar-refractivity contribution in [3.8, 4) is 5.75 Å². The van der Waals surface area contributed by atoms with Crippen LogP contribution in [0.5, 0.6) is 5.75 Å². The molecule has 0 saturated carbocycles. The van der Waals surface area contributed by atoms with Crippen LogP contribution in [0.2, 0.25) is 0 Å². The number of benzene rings is 1. The lowest BCUT2D eigenvalue weighted by molar-refractivity contribution is -0.190. The van der Waals surface area contributed by atoms with Gasteiger partial charge in [-0.05, 0) is 44.7 Å². The van der Waals surface area contributed by atoms with Crippen LogP contribution < -0.4 is 10.2 Å². The molecule has 1 aromatic carbocycles. The van der Waals surface area contributed by atoms with Crippen LogP contribution in [0.4, 0.5) is 13.2 Å². The van der Waals surface area contributed by atoms with E-state index in [0.29, 0.717) is 18.6 Å². The molecule has 1 aromatic rings. The third kappa shape index (κ3) is 4.20. The number of carbonyl (C=O) groups is 1. The third-order valence-corrected chi connectivity index (χ3v) is 4.30. The molecule has 0 radical (unpaired) electrons. The van der Waals surface area contributed by atoms with Gasteiger partial charge in [0.25, 0.3) is 0 Å². The molecule has 1 atom stereocenters. The number of hydrazine groups is 1. The highest BCUT2D eigenvalue weighted by Gasteiger charge is 2.49. The SMILES string of the molecule is COc1ccccc1CCC[C@H](N1CC(C)(C)C(=O)N1)C(F)(F)F. The van der Waals surface area contributed by atoms with Gasteiger partial charge in [0.2, 0.25) is 5.91 Å². The highest BCUT2D eigenvalue weighted by Crippen LogP contribution is 2.33. The van der Waals surface area contributed by atoms with E-state index in [-0.39, 0.29) is 18.9 Å². The second-order valence-corrected chi connectivity index (χ2v) is 6.71. The Morgan fingerprint density at radius 1 is 1.33 bits per heavy atom. The number of para-hydroxylation sites is 1. The van der Waals surface area contributed by atoms with E-state index >= 15 is 0 Å². The van der Waals surface area contributed by atoms with E-state index in [2.05, 4.69) is 5.43 Å². The van der Waals surface area contributed by atoms with Crippen LogP contribution in [0.3, 0.4) is 0 Å². The smallest absolute Gasteiger partial charge is 0.405 e. The van der Waals surface area contributed by atoms with Gasteiger partial charge in [0, 0.05) is 6.54 Å². The largest absolute Gasteiger partial charge is 0.496 e. The van der Waals surface area contributed by atoms with Crippen molar-refractivity contribution in [3.63, 3.8) is 0 Å². The first-order valence-corrected chi connectivity index (χ1v) is 7.91. The second kappa shape index (κ2) is 7.01. The minimum absolute atomic E-state index is 0.0463. The number of hydrogen-bond acceptors (Lipinski definition) is 3. The Morgan fingerprint density at radius 2 is 2.00 bits per heavy atom. The van der Waals surface area contributed by atoms with E-state index in [9.17, 15) is 18.0 Å². The number of nitrogens with zero attached hydrogens (tertiary/aromatic N) is 1. The number of methoxy groups -OCH3 is 1. The minimum Gasteiger partial charge on any atom is -0.496 e. The molecule has 1 aliphatic heterocycles. The Morgan fingerprint density at radius 3 is 2.54 bits per heavy atom. The number of carbonyl (C=O) groups excluding carboxylic acids is 1. The average Bonchev–Trinajstić information content (AvgIpc) is 2.76. The minimum atomic E-state index is -4.39. The number of halogens is 3. The first-order chi connectivity index (χ1) is 11.1. The van der Waals surface area contributed by atoms with E-state index in [1.165, 1.54) is 0 Å². The molecular formula is C17H23F3N2O2. The zero-order valence-corrected chi connectivity index (χ0v) is 14.1. The summed E-state index contributed by atoms with van der Waals surface area (Å²) in [4.78, 5) is 11.8. The van der Waals surface area contributed by atoms with Crippen molar-refractivity contribution in [3.05, 3.63) is 29.8 Å². The van der Waals surface area contributed by atoms with Gasteiger partial charge in [-0.15, -0.1) is 0 Å². The quantitative estimate of drug-likeness (QED) is 0.861. The van der Waals surface area contributed by atoms with Gasteiger partial charge in [-0.25, -0.2) is 5.01 Å². The molecule has 0 unspecified atom stereocenters. The summed E-state index contributed by atoms with van der Waals surface area (Å²) >= 11 is 0. The summed E-state index contributed by atoms with van der Waals surface area (Å²) in [6, 6.07) is 5.62. The molecule has 0 bridgehead atoms. The first kappa shape index (κ1) is 18.6. The second-order valence-electron chi connectivity index (χ2n) is 6.71. The highest BCUT2D eigenvalue weighted by atomic mass is 19.4. The lowest BCUT2D eigenvalue weighted by Gasteiger charge is -2.29. The van der Waals surface area contributed by atoms with Crippen LogP contribution >= 0.6 is 0 Å². The number of ether oxygens (including phenoxy) is 1. The first-order valence-electron chi connectivity index (χ1n) is 7.91. The van der Waals surface area contributed by atoms with E-state index in [4.69, 9.17) is 4.74 Å². The number of hydrogen-bond donors (Lipinski definition) is 1. The highest BCUT2D eigenvalue weighted by molar-refractivity contribution is 5.83. The molecule has 1 N–H and O–H groups in total. The number of alkyl halides is 3. The summed E-state index contributed by atoms with van der Waals surface area (Å²) in [5.41, 5.74) is 2.44. The van der Waals surface area contributed by atoms with Crippen LogP contribution in [0.1, 0.15) is 32.3 Å². The van der Waals surface area contributed by atoms with Gasteiger partial charge < -0.3 is 4.74 Å². The molecule has 4 nitrogen and oxygen atoms in total. The third-order valence-electron chi connectivity index (χ3n) is 4.30. The van der Waals surface area contributed by atoms with Crippen molar-refractivity contribution in [1.82, 2.24) is 10.4 Å². The topological polar surface area (TPSA) is 41.6 Å². The van der Waals surface area contributed by atoms with Crippen LogP contribution in [0.15, 0.2) is 24.3 Å². The molecule has 134 valence electrons. The number of nitrogens with one attached hydrogen (secondary N) is 1. The normalized spacial score (nSPS) is 19.2. The molecule has 1 amide bonds. The van der Waals surface area contributed by atoms with Gasteiger partial charge in [0.15, 0.2) is 0 Å². The predicted molar refractivity (Wildman–Crippen MR) is 84.4 cm³/mol. The fraction of sp³-hybridized carbons (Fsp3) is 0.588. The van der Waals surface area contributed by atoms with Crippen molar-refractivity contribution in [1.29, 1.82) is 0 Å². The van der Waals surface area contributed by atoms with Crippen LogP contribution in [-0.2, 0) is 11.2 Å². The zero-order valence-electron chi connectivity index (χ0n) is 14.1. The number of aryl methyl sites for hydroxylation is 1. The Balaban J connectivity index is 2.02. The van der Waals surface area contributed by atoms with E-state index < -0.39 is 17.6 Å². The maximum Gasteiger partial charge on any atom is 0.405 e. The Bertz CT molecular complexity index is 587. The zero-order chi connectivity index (χ0) is 18.0. The standard InChI is InChI=1S/C17H23F3N2O2/c1-16(2)11-22(21-15(16)23)14(17(18,19)20)10-6-8-12-7-4-5-9-13(12)24-3/h4-5,7,9,14H,6,8,10-11H2,1-3H3,(H,21,23)/t14-/m0/s1. The van der Waals surface area contributed by atoms with Crippen molar-refractivity contribution in [2.75, 3.05) is 13.7 Å².